The molecule has 60 valence electrons. The van der Waals surface area contributed by atoms with E-state index in [0.29, 0.717) is 0 Å². The van der Waals surface area contributed by atoms with Crippen LogP contribution in [-0.4, -0.2) is 25.4 Å². The van der Waals surface area contributed by atoms with Crippen LogP contribution < -0.4 is 0 Å². The van der Waals surface area contributed by atoms with Crippen molar-refractivity contribution in [2.75, 3.05) is 0 Å². The van der Waals surface area contributed by atoms with Crippen molar-refractivity contribution in [1.29, 1.82) is 0 Å². The van der Waals surface area contributed by atoms with Crippen molar-refractivity contribution in [3.05, 3.63) is 6.33 Å². The Balaban J connectivity index is 2.56. The van der Waals surface area contributed by atoms with Crippen LogP contribution in [0.4, 0.5) is 0 Å². The summed E-state index contributed by atoms with van der Waals surface area (Å²) in [6.07, 6.45) is 1.69. The number of tetrazole rings is 1. The highest BCUT2D eigenvalue weighted by Crippen LogP contribution is 2.08. The molecule has 0 aromatic carbocycles. The molecule has 5 nitrogen and oxygen atoms in total. The molecule has 0 amide bonds. The summed E-state index contributed by atoms with van der Waals surface area (Å²) in [4.78, 5) is 10.4. The van der Waals surface area contributed by atoms with Crippen LogP contribution in [0.5, 0.6) is 0 Å². The van der Waals surface area contributed by atoms with Crippen molar-refractivity contribution in [3.8, 4) is 0 Å². The third-order valence-corrected chi connectivity index (χ3v) is 1.43. The number of hydrogen-bond acceptors (Lipinski definition) is 4. The van der Waals surface area contributed by atoms with Crippen LogP contribution in [0.15, 0.2) is 6.33 Å². The third-order valence-electron chi connectivity index (χ3n) is 1.27. The molecular formula is C5H7ClN4O. The van der Waals surface area contributed by atoms with Gasteiger partial charge in [0, 0.05) is 6.42 Å². The van der Waals surface area contributed by atoms with E-state index in [4.69, 9.17) is 11.6 Å². The fraction of sp³-hybridized carbons (Fsp3) is 0.600. The lowest BCUT2D eigenvalue weighted by Crippen LogP contribution is -2.08. The highest BCUT2D eigenvalue weighted by molar-refractivity contribution is 6.63. The molecule has 1 unspecified atom stereocenters. The lowest BCUT2D eigenvalue weighted by Gasteiger charge is -2.05. The predicted molar refractivity (Wildman–Crippen MR) is 38.0 cm³/mol. The van der Waals surface area contributed by atoms with Gasteiger partial charge in [0.15, 0.2) is 0 Å². The molecule has 1 atom stereocenters. The first kappa shape index (κ1) is 8.13. The van der Waals surface area contributed by atoms with Gasteiger partial charge in [0.25, 0.3) is 0 Å². The van der Waals surface area contributed by atoms with E-state index in [1.807, 2.05) is 6.92 Å². The van der Waals surface area contributed by atoms with Crippen molar-refractivity contribution >= 4 is 16.8 Å². The van der Waals surface area contributed by atoms with Gasteiger partial charge in [-0.3, -0.25) is 4.79 Å². The Morgan fingerprint density at radius 3 is 3.00 bits per heavy atom. The molecule has 1 aromatic heterocycles. The molecule has 0 aliphatic rings. The SMILES string of the molecule is CC(CC(=O)Cl)n1cnnn1. The summed E-state index contributed by atoms with van der Waals surface area (Å²) in [6.45, 7) is 1.82. The third kappa shape index (κ3) is 2.27. The first-order valence-corrected chi connectivity index (χ1v) is 3.48. The van der Waals surface area contributed by atoms with Crippen LogP contribution in [-0.2, 0) is 4.79 Å². The number of carbonyl (C=O) groups is 1. The van der Waals surface area contributed by atoms with Gasteiger partial charge in [-0.15, -0.1) is 5.10 Å². The molecule has 0 spiro atoms. The van der Waals surface area contributed by atoms with E-state index < -0.39 is 0 Å². The van der Waals surface area contributed by atoms with Gasteiger partial charge < -0.3 is 0 Å². The van der Waals surface area contributed by atoms with Crippen molar-refractivity contribution in [2.45, 2.75) is 19.4 Å². The van der Waals surface area contributed by atoms with Crippen LogP contribution in [0.2, 0.25) is 0 Å². The van der Waals surface area contributed by atoms with Crippen molar-refractivity contribution in [3.63, 3.8) is 0 Å². The fourth-order valence-corrected chi connectivity index (χ4v) is 0.919. The van der Waals surface area contributed by atoms with E-state index >= 15 is 0 Å². The van der Waals surface area contributed by atoms with E-state index in [2.05, 4.69) is 15.5 Å². The predicted octanol–water partition coefficient (Wildman–Crippen LogP) is 0.390. The van der Waals surface area contributed by atoms with E-state index in [1.165, 1.54) is 11.0 Å². The molecule has 1 heterocycles. The molecule has 0 bridgehead atoms. The second kappa shape index (κ2) is 3.43. The van der Waals surface area contributed by atoms with Gasteiger partial charge in [-0.2, -0.15) is 0 Å². The summed E-state index contributed by atoms with van der Waals surface area (Å²) < 4.78 is 1.49. The summed E-state index contributed by atoms with van der Waals surface area (Å²) in [6, 6.07) is -0.0741. The Bertz CT molecular complexity index is 235. The van der Waals surface area contributed by atoms with Crippen LogP contribution in [0, 0.1) is 0 Å². The first-order chi connectivity index (χ1) is 5.20. The van der Waals surface area contributed by atoms with Crippen molar-refractivity contribution < 1.29 is 4.79 Å². The Hall–Kier alpha value is -0.970. The summed E-state index contributed by atoms with van der Waals surface area (Å²) in [5.74, 6) is 0. The Labute approximate surface area is 68.3 Å². The minimum Gasteiger partial charge on any atom is -0.281 e. The number of halogens is 1. The van der Waals surface area contributed by atoms with E-state index in [1.54, 1.807) is 0 Å². The highest BCUT2D eigenvalue weighted by atomic mass is 35.5. The van der Waals surface area contributed by atoms with Gasteiger partial charge in [-0.1, -0.05) is 0 Å². The molecule has 0 fully saturated rings. The minimum atomic E-state index is -0.381. The Morgan fingerprint density at radius 1 is 1.82 bits per heavy atom. The first-order valence-electron chi connectivity index (χ1n) is 3.11. The Kier molecular flexibility index (Phi) is 2.53. The maximum absolute atomic E-state index is 10.4. The van der Waals surface area contributed by atoms with Crippen LogP contribution in [0.25, 0.3) is 0 Å². The van der Waals surface area contributed by atoms with Gasteiger partial charge >= 0.3 is 0 Å². The molecule has 1 rings (SSSR count). The van der Waals surface area contributed by atoms with E-state index in [9.17, 15) is 4.79 Å². The number of rotatable bonds is 3. The lowest BCUT2D eigenvalue weighted by molar-refractivity contribution is -0.112. The maximum Gasteiger partial charge on any atom is 0.223 e. The topological polar surface area (TPSA) is 60.7 Å². The fourth-order valence-electron chi connectivity index (χ4n) is 0.696. The van der Waals surface area contributed by atoms with E-state index in [-0.39, 0.29) is 17.7 Å². The van der Waals surface area contributed by atoms with Gasteiger partial charge in [0.1, 0.15) is 6.33 Å². The van der Waals surface area contributed by atoms with Crippen molar-refractivity contribution in [1.82, 2.24) is 20.2 Å². The zero-order valence-electron chi connectivity index (χ0n) is 5.94. The quantitative estimate of drug-likeness (QED) is 0.622. The number of hydrogen-bond donors (Lipinski definition) is 0. The summed E-state index contributed by atoms with van der Waals surface area (Å²) in [5.41, 5.74) is 0. The second-order valence-electron chi connectivity index (χ2n) is 2.20. The molecule has 0 saturated heterocycles. The normalized spacial score (nSPS) is 12.9. The van der Waals surface area contributed by atoms with Gasteiger partial charge in [0.05, 0.1) is 6.04 Å². The molecule has 1 aromatic rings. The smallest absolute Gasteiger partial charge is 0.223 e. The number of carbonyl (C=O) groups excluding carboxylic acids is 1. The average molecular weight is 175 g/mol. The highest BCUT2D eigenvalue weighted by Gasteiger charge is 2.08. The maximum atomic E-state index is 10.4. The molecule has 0 radical (unpaired) electrons. The lowest BCUT2D eigenvalue weighted by atomic mass is 10.3. The molecule has 0 aliphatic carbocycles. The van der Waals surface area contributed by atoms with Crippen LogP contribution >= 0.6 is 11.6 Å². The number of nitrogens with zero attached hydrogens (tertiary/aromatic N) is 4. The monoisotopic (exact) mass is 174 g/mol. The zero-order valence-corrected chi connectivity index (χ0v) is 6.69. The van der Waals surface area contributed by atoms with Crippen LogP contribution in [0.1, 0.15) is 19.4 Å². The molecule has 0 saturated carbocycles. The standard InChI is InChI=1S/C5H7ClN4O/c1-4(2-5(6)11)10-3-7-8-9-10/h3-4H,2H2,1H3. The van der Waals surface area contributed by atoms with Gasteiger partial charge in [0.2, 0.25) is 5.24 Å². The van der Waals surface area contributed by atoms with Crippen LogP contribution in [0.3, 0.4) is 0 Å². The largest absolute Gasteiger partial charge is 0.281 e. The van der Waals surface area contributed by atoms with Gasteiger partial charge in [-0.25, -0.2) is 4.68 Å². The zero-order chi connectivity index (χ0) is 8.27. The molecule has 6 heteroatoms. The Morgan fingerprint density at radius 2 is 2.55 bits per heavy atom. The molecule has 0 aliphatic heterocycles. The second-order valence-corrected chi connectivity index (χ2v) is 2.62. The minimum absolute atomic E-state index is 0.0741. The average Bonchev–Trinajstić information content (AvgIpc) is 2.35. The molecule has 11 heavy (non-hydrogen) atoms. The summed E-state index contributed by atoms with van der Waals surface area (Å²) >= 11 is 5.17. The van der Waals surface area contributed by atoms with Crippen molar-refractivity contribution in [2.24, 2.45) is 0 Å². The summed E-state index contributed by atoms with van der Waals surface area (Å²) in [5, 5.41) is 10.1. The molecular weight excluding hydrogens is 168 g/mol. The summed E-state index contributed by atoms with van der Waals surface area (Å²) in [7, 11) is 0. The molecule has 0 N–H and O–H groups in total. The number of aromatic nitrogens is 4. The van der Waals surface area contributed by atoms with Gasteiger partial charge in [-0.05, 0) is 29.0 Å². The van der Waals surface area contributed by atoms with E-state index in [0.717, 1.165) is 0 Å².